The predicted octanol–water partition coefficient (Wildman–Crippen LogP) is 1.67. The van der Waals surface area contributed by atoms with Crippen molar-refractivity contribution in [2.24, 2.45) is 0 Å². The van der Waals surface area contributed by atoms with Crippen LogP contribution in [0, 0.1) is 0 Å². The Morgan fingerprint density at radius 3 is 3.24 bits per heavy atom. The fraction of sp³-hybridized carbons (Fsp3) is 0.615. The van der Waals surface area contributed by atoms with Crippen molar-refractivity contribution < 1.29 is 4.74 Å². The first kappa shape index (κ1) is 12.2. The van der Waals surface area contributed by atoms with Crippen LogP contribution in [0.1, 0.15) is 20.3 Å². The van der Waals surface area contributed by atoms with Gasteiger partial charge in [-0.1, -0.05) is 6.92 Å². The Kier molecular flexibility index (Phi) is 3.84. The summed E-state index contributed by atoms with van der Waals surface area (Å²) < 4.78 is 5.88. The third kappa shape index (κ3) is 2.88. The Labute approximate surface area is 103 Å². The number of hydrogen-bond donors (Lipinski definition) is 1. The molecule has 0 amide bonds. The van der Waals surface area contributed by atoms with Gasteiger partial charge >= 0.3 is 0 Å². The Morgan fingerprint density at radius 1 is 1.65 bits per heavy atom. The summed E-state index contributed by atoms with van der Waals surface area (Å²) in [5.74, 6) is 0.747. The van der Waals surface area contributed by atoms with Gasteiger partial charge in [0, 0.05) is 25.8 Å². The highest BCUT2D eigenvalue weighted by Gasteiger charge is 2.23. The molecule has 0 aliphatic carbocycles. The number of fused-ring (bicyclic) bond motifs is 1. The zero-order chi connectivity index (χ0) is 12.3. The normalized spacial score (nSPS) is 20.6. The maximum Gasteiger partial charge on any atom is 0.237 e. The second-order valence-electron chi connectivity index (χ2n) is 4.67. The van der Waals surface area contributed by atoms with Gasteiger partial charge in [-0.3, -0.25) is 0 Å². The summed E-state index contributed by atoms with van der Waals surface area (Å²) in [6.45, 7) is 6.15. The maximum absolute atomic E-state index is 5.88. The standard InChI is InChI=1S/C13H21N3O/c1-4-10(2)15-8-11-9-16(3)12-6-5-7-14-13(12)17-11/h5-7,10-11,15H,4,8-9H2,1-3H3. The summed E-state index contributed by atoms with van der Waals surface area (Å²) in [4.78, 5) is 6.48. The Morgan fingerprint density at radius 2 is 2.47 bits per heavy atom. The van der Waals surface area contributed by atoms with E-state index in [0.29, 0.717) is 6.04 Å². The summed E-state index contributed by atoms with van der Waals surface area (Å²) >= 11 is 0. The van der Waals surface area contributed by atoms with Gasteiger partial charge in [0.05, 0.1) is 12.2 Å². The minimum absolute atomic E-state index is 0.177. The minimum Gasteiger partial charge on any atom is -0.470 e. The summed E-state index contributed by atoms with van der Waals surface area (Å²) in [6.07, 6.45) is 3.09. The molecule has 1 aromatic heterocycles. The van der Waals surface area contributed by atoms with Gasteiger partial charge in [-0.05, 0) is 25.5 Å². The molecule has 94 valence electrons. The van der Waals surface area contributed by atoms with Crippen LogP contribution < -0.4 is 15.0 Å². The van der Waals surface area contributed by atoms with Crippen molar-refractivity contribution >= 4 is 5.69 Å². The summed E-state index contributed by atoms with van der Waals surface area (Å²) in [7, 11) is 2.08. The van der Waals surface area contributed by atoms with Crippen molar-refractivity contribution in [2.45, 2.75) is 32.4 Å². The lowest BCUT2D eigenvalue weighted by molar-refractivity contribution is 0.180. The van der Waals surface area contributed by atoms with Crippen molar-refractivity contribution in [1.29, 1.82) is 0 Å². The predicted molar refractivity (Wildman–Crippen MR) is 69.7 cm³/mol. The number of aromatic nitrogens is 1. The summed E-state index contributed by atoms with van der Waals surface area (Å²) in [5, 5.41) is 3.47. The van der Waals surface area contributed by atoms with Gasteiger partial charge in [-0.15, -0.1) is 0 Å². The number of rotatable bonds is 4. The topological polar surface area (TPSA) is 37.4 Å². The van der Waals surface area contributed by atoms with E-state index in [1.54, 1.807) is 6.20 Å². The van der Waals surface area contributed by atoms with Gasteiger partial charge in [0.25, 0.3) is 0 Å². The maximum atomic E-state index is 5.88. The molecule has 4 heteroatoms. The minimum atomic E-state index is 0.177. The molecule has 0 aromatic carbocycles. The van der Waals surface area contributed by atoms with Crippen LogP contribution >= 0.6 is 0 Å². The molecule has 2 atom stereocenters. The lowest BCUT2D eigenvalue weighted by Crippen LogP contribution is -2.45. The van der Waals surface area contributed by atoms with Gasteiger partial charge in [-0.2, -0.15) is 0 Å². The first-order valence-electron chi connectivity index (χ1n) is 6.27. The molecule has 1 aromatic rings. The number of ether oxygens (including phenoxy) is 1. The number of nitrogens with zero attached hydrogens (tertiary/aromatic N) is 2. The summed E-state index contributed by atoms with van der Waals surface area (Å²) in [6, 6.07) is 4.52. The molecule has 1 aliphatic heterocycles. The van der Waals surface area contributed by atoms with Crippen LogP contribution in [-0.2, 0) is 0 Å². The van der Waals surface area contributed by atoms with Crippen molar-refractivity contribution in [3.63, 3.8) is 0 Å². The molecule has 17 heavy (non-hydrogen) atoms. The molecule has 2 rings (SSSR count). The molecular weight excluding hydrogens is 214 g/mol. The summed E-state index contributed by atoms with van der Waals surface area (Å²) in [5.41, 5.74) is 1.08. The van der Waals surface area contributed by atoms with Gasteiger partial charge in [0.2, 0.25) is 5.88 Å². The monoisotopic (exact) mass is 235 g/mol. The van der Waals surface area contributed by atoms with Gasteiger partial charge in [0.1, 0.15) is 6.10 Å². The van der Waals surface area contributed by atoms with E-state index in [0.717, 1.165) is 31.1 Å². The van der Waals surface area contributed by atoms with Crippen LogP contribution in [-0.4, -0.2) is 37.3 Å². The van der Waals surface area contributed by atoms with E-state index in [9.17, 15) is 0 Å². The average Bonchev–Trinajstić information content (AvgIpc) is 2.36. The molecule has 1 aliphatic rings. The fourth-order valence-corrected chi connectivity index (χ4v) is 1.95. The number of nitrogens with one attached hydrogen (secondary N) is 1. The van der Waals surface area contributed by atoms with E-state index in [2.05, 4.69) is 36.1 Å². The van der Waals surface area contributed by atoms with Crippen molar-refractivity contribution in [3.05, 3.63) is 18.3 Å². The average molecular weight is 235 g/mol. The Bertz CT molecular complexity index is 369. The quantitative estimate of drug-likeness (QED) is 0.861. The molecule has 0 spiro atoms. The van der Waals surface area contributed by atoms with E-state index >= 15 is 0 Å². The van der Waals surface area contributed by atoms with Crippen LogP contribution in [0.5, 0.6) is 5.88 Å². The molecule has 2 unspecified atom stereocenters. The highest BCUT2D eigenvalue weighted by molar-refractivity contribution is 5.55. The molecule has 0 bridgehead atoms. The highest BCUT2D eigenvalue weighted by Crippen LogP contribution is 2.29. The number of anilines is 1. The highest BCUT2D eigenvalue weighted by atomic mass is 16.5. The van der Waals surface area contributed by atoms with E-state index in [-0.39, 0.29) is 6.10 Å². The smallest absolute Gasteiger partial charge is 0.237 e. The van der Waals surface area contributed by atoms with E-state index in [1.807, 2.05) is 12.1 Å². The largest absolute Gasteiger partial charge is 0.470 e. The second kappa shape index (κ2) is 5.36. The van der Waals surface area contributed by atoms with Crippen LogP contribution in [0.2, 0.25) is 0 Å². The first-order chi connectivity index (χ1) is 8.20. The first-order valence-corrected chi connectivity index (χ1v) is 6.27. The van der Waals surface area contributed by atoms with Gasteiger partial charge in [-0.25, -0.2) is 4.98 Å². The molecule has 0 saturated carbocycles. The fourth-order valence-electron chi connectivity index (χ4n) is 1.95. The molecule has 0 saturated heterocycles. The van der Waals surface area contributed by atoms with Crippen molar-refractivity contribution in [1.82, 2.24) is 10.3 Å². The number of pyridine rings is 1. The van der Waals surface area contributed by atoms with Crippen LogP contribution in [0.15, 0.2) is 18.3 Å². The van der Waals surface area contributed by atoms with E-state index < -0.39 is 0 Å². The molecular formula is C13H21N3O. The van der Waals surface area contributed by atoms with E-state index in [1.165, 1.54) is 0 Å². The molecule has 1 N–H and O–H groups in total. The Hall–Kier alpha value is -1.29. The van der Waals surface area contributed by atoms with Gasteiger partial charge in [0.15, 0.2) is 0 Å². The molecule has 4 nitrogen and oxygen atoms in total. The van der Waals surface area contributed by atoms with Crippen molar-refractivity contribution in [3.8, 4) is 5.88 Å². The zero-order valence-electron chi connectivity index (χ0n) is 10.8. The zero-order valence-corrected chi connectivity index (χ0v) is 10.8. The third-order valence-electron chi connectivity index (χ3n) is 3.22. The van der Waals surface area contributed by atoms with Crippen LogP contribution in [0.3, 0.4) is 0 Å². The molecule has 2 heterocycles. The van der Waals surface area contributed by atoms with Crippen LogP contribution in [0.4, 0.5) is 5.69 Å². The lowest BCUT2D eigenvalue weighted by atomic mass is 10.2. The third-order valence-corrected chi connectivity index (χ3v) is 3.22. The number of hydrogen-bond acceptors (Lipinski definition) is 4. The van der Waals surface area contributed by atoms with Gasteiger partial charge < -0.3 is 15.0 Å². The van der Waals surface area contributed by atoms with Crippen LogP contribution in [0.25, 0.3) is 0 Å². The van der Waals surface area contributed by atoms with Crippen molar-refractivity contribution in [2.75, 3.05) is 25.0 Å². The second-order valence-corrected chi connectivity index (χ2v) is 4.67. The number of likely N-dealkylation sites (N-methyl/N-ethyl adjacent to an activating group) is 1. The molecule has 0 fully saturated rings. The van der Waals surface area contributed by atoms with E-state index in [4.69, 9.17) is 4.74 Å². The Balaban J connectivity index is 1.97. The SMILES string of the molecule is CCC(C)NCC1CN(C)c2cccnc2O1. The molecule has 0 radical (unpaired) electrons. The lowest BCUT2D eigenvalue weighted by Gasteiger charge is -2.33.